The average molecular weight is 593 g/mol. The van der Waals surface area contributed by atoms with Gasteiger partial charge in [0.1, 0.15) is 12.6 Å². The zero-order valence-corrected chi connectivity index (χ0v) is 23.3. The molecule has 2 rings (SSSR count). The zero-order valence-electron chi connectivity index (χ0n) is 19.4. The maximum absolute atomic E-state index is 13.5. The molecule has 0 aromatic heterocycles. The van der Waals surface area contributed by atoms with Crippen molar-refractivity contribution in [2.75, 3.05) is 17.1 Å². The van der Waals surface area contributed by atoms with Crippen LogP contribution in [0.25, 0.3) is 0 Å². The molecule has 0 aliphatic rings. The first-order chi connectivity index (χ1) is 15.8. The number of nitrogens with one attached hydrogen (secondary N) is 1. The van der Waals surface area contributed by atoms with Crippen molar-refractivity contribution in [1.82, 2.24) is 10.2 Å². The largest absolute Gasteiger partial charge is 0.352 e. The lowest BCUT2D eigenvalue weighted by molar-refractivity contribution is -0.139. The average Bonchev–Trinajstić information content (AvgIpc) is 2.76. The Labute approximate surface area is 219 Å². The van der Waals surface area contributed by atoms with E-state index >= 15 is 0 Å². The number of rotatable bonds is 10. The highest BCUT2D eigenvalue weighted by molar-refractivity contribution is 9.10. The predicted octanol–water partition coefficient (Wildman–Crippen LogP) is 4.85. The summed E-state index contributed by atoms with van der Waals surface area (Å²) in [4.78, 5) is 27.7. The third kappa shape index (κ3) is 7.86. The molecule has 2 aromatic carbocycles. The van der Waals surface area contributed by atoms with Crippen LogP contribution in [0.3, 0.4) is 0 Å². The maximum atomic E-state index is 13.5. The van der Waals surface area contributed by atoms with E-state index in [1.807, 2.05) is 38.1 Å². The van der Waals surface area contributed by atoms with E-state index < -0.39 is 28.5 Å². The normalized spacial score (nSPS) is 13.1. The second-order valence-corrected chi connectivity index (χ2v) is 11.7. The summed E-state index contributed by atoms with van der Waals surface area (Å²) in [5.41, 5.74) is 0.914. The molecule has 7 nitrogen and oxygen atoms in total. The van der Waals surface area contributed by atoms with Gasteiger partial charge in [-0.1, -0.05) is 58.2 Å². The van der Waals surface area contributed by atoms with Crippen LogP contribution >= 0.6 is 39.1 Å². The van der Waals surface area contributed by atoms with Crippen molar-refractivity contribution in [2.45, 2.75) is 45.8 Å². The highest BCUT2D eigenvalue weighted by atomic mass is 79.9. The minimum absolute atomic E-state index is 0.0695. The fourth-order valence-electron chi connectivity index (χ4n) is 3.11. The summed E-state index contributed by atoms with van der Waals surface area (Å²) in [6.45, 7) is 5.03. The molecule has 0 heterocycles. The van der Waals surface area contributed by atoms with Gasteiger partial charge in [-0.25, -0.2) is 8.42 Å². The Morgan fingerprint density at radius 3 is 2.24 bits per heavy atom. The van der Waals surface area contributed by atoms with Crippen LogP contribution in [0.2, 0.25) is 10.0 Å². The van der Waals surface area contributed by atoms with Gasteiger partial charge in [-0.15, -0.1) is 0 Å². The monoisotopic (exact) mass is 591 g/mol. The molecule has 0 aliphatic heterocycles. The molecule has 1 N–H and O–H groups in total. The van der Waals surface area contributed by atoms with Gasteiger partial charge in [0.15, 0.2) is 0 Å². The van der Waals surface area contributed by atoms with E-state index in [4.69, 9.17) is 23.2 Å². The number of halogens is 3. The number of amides is 2. The number of anilines is 1. The van der Waals surface area contributed by atoms with Crippen molar-refractivity contribution in [2.24, 2.45) is 0 Å². The Kier molecular flexibility index (Phi) is 10.2. The molecule has 0 radical (unpaired) electrons. The lowest BCUT2D eigenvalue weighted by atomic mass is 10.1. The Hall–Kier alpha value is -1.81. The van der Waals surface area contributed by atoms with Gasteiger partial charge >= 0.3 is 0 Å². The summed E-state index contributed by atoms with van der Waals surface area (Å²) in [5, 5.41) is 3.31. The summed E-state index contributed by atoms with van der Waals surface area (Å²) < 4.78 is 27.0. The van der Waals surface area contributed by atoms with E-state index in [0.29, 0.717) is 5.02 Å². The van der Waals surface area contributed by atoms with Crippen LogP contribution in [0.1, 0.15) is 32.8 Å². The summed E-state index contributed by atoms with van der Waals surface area (Å²) in [6, 6.07) is 10.7. The van der Waals surface area contributed by atoms with Gasteiger partial charge in [-0.2, -0.15) is 0 Å². The lowest BCUT2D eigenvalue weighted by Crippen LogP contribution is -2.52. The van der Waals surface area contributed by atoms with Crippen LogP contribution in [0.15, 0.2) is 46.9 Å². The Morgan fingerprint density at radius 1 is 1.09 bits per heavy atom. The SMILES string of the molecule is CC[C@H](C)NC(=O)[C@H](C)N(Cc1ccc(Br)cc1)C(=O)CN(c1ccc(Cl)cc1Cl)S(C)(=O)=O. The maximum Gasteiger partial charge on any atom is 0.244 e. The van der Waals surface area contributed by atoms with E-state index in [1.165, 1.54) is 23.1 Å². The third-order valence-electron chi connectivity index (χ3n) is 5.29. The van der Waals surface area contributed by atoms with Crippen LogP contribution in [0.4, 0.5) is 5.69 Å². The van der Waals surface area contributed by atoms with Crippen LogP contribution < -0.4 is 9.62 Å². The Balaban J connectivity index is 2.41. The van der Waals surface area contributed by atoms with Gasteiger partial charge in [0, 0.05) is 22.1 Å². The fourth-order valence-corrected chi connectivity index (χ4v) is 4.80. The first-order valence-corrected chi connectivity index (χ1v) is 14.0. The van der Waals surface area contributed by atoms with Crippen molar-refractivity contribution in [3.8, 4) is 0 Å². The third-order valence-corrected chi connectivity index (χ3v) is 7.49. The molecule has 2 amide bonds. The number of carbonyl (C=O) groups excluding carboxylic acids is 2. The standard InChI is InChI=1S/C23H28BrCl2N3O4S/c1-5-15(2)27-23(31)16(3)28(13-17-6-8-18(24)9-7-17)22(30)14-29(34(4,32)33)21-11-10-19(25)12-20(21)26/h6-12,15-16H,5,13-14H2,1-4H3,(H,27,31)/t15-,16-/m0/s1. The van der Waals surface area contributed by atoms with Gasteiger partial charge in [0.25, 0.3) is 0 Å². The number of nitrogens with zero attached hydrogens (tertiary/aromatic N) is 2. The lowest BCUT2D eigenvalue weighted by Gasteiger charge is -2.32. The highest BCUT2D eigenvalue weighted by Gasteiger charge is 2.31. The molecule has 186 valence electrons. The van der Waals surface area contributed by atoms with Crippen molar-refractivity contribution < 1.29 is 18.0 Å². The number of benzene rings is 2. The van der Waals surface area contributed by atoms with Crippen LogP contribution in [-0.4, -0.2) is 50.0 Å². The summed E-state index contributed by atoms with van der Waals surface area (Å²) in [6.07, 6.45) is 1.72. The number of carbonyl (C=O) groups is 2. The van der Waals surface area contributed by atoms with E-state index in [1.54, 1.807) is 6.92 Å². The second kappa shape index (κ2) is 12.2. The first-order valence-electron chi connectivity index (χ1n) is 10.6. The highest BCUT2D eigenvalue weighted by Crippen LogP contribution is 2.30. The number of hydrogen-bond acceptors (Lipinski definition) is 4. The molecule has 2 atom stereocenters. The van der Waals surface area contributed by atoms with E-state index in [-0.39, 0.29) is 29.2 Å². The van der Waals surface area contributed by atoms with Gasteiger partial charge in [-0.3, -0.25) is 13.9 Å². The number of hydrogen-bond donors (Lipinski definition) is 1. The molecule has 0 aliphatic carbocycles. The van der Waals surface area contributed by atoms with Crippen molar-refractivity contribution in [1.29, 1.82) is 0 Å². The van der Waals surface area contributed by atoms with Crippen LogP contribution in [0, 0.1) is 0 Å². The van der Waals surface area contributed by atoms with Gasteiger partial charge in [0.05, 0.1) is 17.0 Å². The van der Waals surface area contributed by atoms with Crippen LogP contribution in [0.5, 0.6) is 0 Å². The Bertz CT molecular complexity index is 1130. The molecule has 0 saturated carbocycles. The minimum Gasteiger partial charge on any atom is -0.352 e. The van der Waals surface area contributed by atoms with Crippen LogP contribution in [-0.2, 0) is 26.2 Å². The topological polar surface area (TPSA) is 86.8 Å². The molecule has 0 bridgehead atoms. The zero-order chi connectivity index (χ0) is 25.6. The summed E-state index contributed by atoms with van der Waals surface area (Å²) in [7, 11) is -3.88. The molecule has 11 heteroatoms. The van der Waals surface area contributed by atoms with Crippen molar-refractivity contribution >= 4 is 66.7 Å². The number of sulfonamides is 1. The van der Waals surface area contributed by atoms with Gasteiger partial charge in [-0.05, 0) is 56.2 Å². The molecular weight excluding hydrogens is 565 g/mol. The van der Waals surface area contributed by atoms with E-state index in [0.717, 1.165) is 27.0 Å². The molecular formula is C23H28BrCl2N3O4S. The molecule has 0 fully saturated rings. The Morgan fingerprint density at radius 2 is 1.71 bits per heavy atom. The fraction of sp³-hybridized carbons (Fsp3) is 0.391. The first kappa shape index (κ1) is 28.4. The second-order valence-electron chi connectivity index (χ2n) is 8.01. The summed E-state index contributed by atoms with van der Waals surface area (Å²) in [5.74, 6) is -0.874. The predicted molar refractivity (Wildman–Crippen MR) is 141 cm³/mol. The van der Waals surface area contributed by atoms with Crippen molar-refractivity contribution in [3.63, 3.8) is 0 Å². The smallest absolute Gasteiger partial charge is 0.244 e. The molecule has 34 heavy (non-hydrogen) atoms. The molecule has 0 unspecified atom stereocenters. The van der Waals surface area contributed by atoms with Gasteiger partial charge in [0.2, 0.25) is 21.8 Å². The van der Waals surface area contributed by atoms with Crippen molar-refractivity contribution in [3.05, 3.63) is 62.5 Å². The summed E-state index contributed by atoms with van der Waals surface area (Å²) >= 11 is 15.6. The molecule has 0 spiro atoms. The van der Waals surface area contributed by atoms with E-state index in [2.05, 4.69) is 21.2 Å². The molecule has 0 saturated heterocycles. The van der Waals surface area contributed by atoms with Gasteiger partial charge < -0.3 is 10.2 Å². The molecule has 2 aromatic rings. The van der Waals surface area contributed by atoms with E-state index in [9.17, 15) is 18.0 Å². The minimum atomic E-state index is -3.88. The quantitative estimate of drug-likeness (QED) is 0.427.